The molecular formula is C20H30N4O. The van der Waals surface area contributed by atoms with Crippen LogP contribution in [0.3, 0.4) is 0 Å². The Morgan fingerprint density at radius 1 is 1.36 bits per heavy atom. The molecule has 2 heterocycles. The molecule has 0 aliphatic carbocycles. The number of hydrogen-bond donors (Lipinski definition) is 1. The summed E-state index contributed by atoms with van der Waals surface area (Å²) in [6.07, 6.45) is 4.12. The van der Waals surface area contributed by atoms with E-state index in [2.05, 4.69) is 65.3 Å². The van der Waals surface area contributed by atoms with Gasteiger partial charge in [0.2, 0.25) is 0 Å². The summed E-state index contributed by atoms with van der Waals surface area (Å²) >= 11 is 0. The number of aromatic amines is 1. The Morgan fingerprint density at radius 3 is 2.96 bits per heavy atom. The van der Waals surface area contributed by atoms with Crippen LogP contribution in [-0.4, -0.2) is 53.2 Å². The number of piperidine rings is 1. The molecule has 136 valence electrons. The Kier molecular flexibility index (Phi) is 5.86. The fourth-order valence-corrected chi connectivity index (χ4v) is 3.77. The van der Waals surface area contributed by atoms with Crippen molar-refractivity contribution < 1.29 is 4.74 Å². The zero-order chi connectivity index (χ0) is 17.7. The van der Waals surface area contributed by atoms with E-state index >= 15 is 0 Å². The van der Waals surface area contributed by atoms with E-state index in [0.717, 1.165) is 50.5 Å². The van der Waals surface area contributed by atoms with E-state index in [1.165, 1.54) is 12.0 Å². The Labute approximate surface area is 150 Å². The third-order valence-corrected chi connectivity index (χ3v) is 5.70. The van der Waals surface area contributed by atoms with E-state index < -0.39 is 0 Å². The minimum atomic E-state index is 0.195. The van der Waals surface area contributed by atoms with Gasteiger partial charge in [0.25, 0.3) is 0 Å². The molecule has 25 heavy (non-hydrogen) atoms. The first-order valence-electron chi connectivity index (χ1n) is 9.41. The maximum absolute atomic E-state index is 5.66. The van der Waals surface area contributed by atoms with Crippen molar-refractivity contribution in [2.45, 2.75) is 39.0 Å². The summed E-state index contributed by atoms with van der Waals surface area (Å²) in [4.78, 5) is 2.55. The van der Waals surface area contributed by atoms with Crippen molar-refractivity contribution in [3.63, 3.8) is 0 Å². The van der Waals surface area contributed by atoms with Crippen LogP contribution in [0.2, 0.25) is 0 Å². The van der Waals surface area contributed by atoms with Gasteiger partial charge in [-0.2, -0.15) is 0 Å². The molecule has 1 fully saturated rings. The van der Waals surface area contributed by atoms with Crippen LogP contribution >= 0.6 is 0 Å². The molecule has 0 amide bonds. The van der Waals surface area contributed by atoms with Crippen molar-refractivity contribution in [2.24, 2.45) is 5.92 Å². The van der Waals surface area contributed by atoms with Gasteiger partial charge in [0, 0.05) is 31.5 Å². The van der Waals surface area contributed by atoms with Gasteiger partial charge in [0.1, 0.15) is 5.69 Å². The van der Waals surface area contributed by atoms with E-state index in [-0.39, 0.29) is 5.41 Å². The second kappa shape index (κ2) is 8.11. The van der Waals surface area contributed by atoms with E-state index in [1.54, 1.807) is 0 Å². The molecular weight excluding hydrogens is 312 g/mol. The predicted molar refractivity (Wildman–Crippen MR) is 101 cm³/mol. The smallest absolute Gasteiger partial charge is 0.112 e. The first-order chi connectivity index (χ1) is 12.1. The lowest BCUT2D eigenvalue weighted by Crippen LogP contribution is -2.48. The maximum Gasteiger partial charge on any atom is 0.112 e. The number of ether oxygens (including phenoxy) is 1. The maximum atomic E-state index is 5.66. The van der Waals surface area contributed by atoms with Crippen LogP contribution in [0.1, 0.15) is 39.2 Å². The second-order valence-electron chi connectivity index (χ2n) is 7.42. The third-order valence-electron chi connectivity index (χ3n) is 5.70. The molecule has 0 spiro atoms. The molecule has 2 aromatic rings. The van der Waals surface area contributed by atoms with Gasteiger partial charge in [-0.15, -0.1) is 5.10 Å². The molecule has 0 saturated carbocycles. The summed E-state index contributed by atoms with van der Waals surface area (Å²) in [5, 5.41) is 10.8. The van der Waals surface area contributed by atoms with E-state index in [0.29, 0.717) is 5.92 Å². The predicted octanol–water partition coefficient (Wildman–Crippen LogP) is 3.50. The van der Waals surface area contributed by atoms with E-state index in [4.69, 9.17) is 4.74 Å². The summed E-state index contributed by atoms with van der Waals surface area (Å²) in [6.45, 7) is 12.0. The van der Waals surface area contributed by atoms with Crippen molar-refractivity contribution in [2.75, 3.05) is 32.8 Å². The van der Waals surface area contributed by atoms with Crippen molar-refractivity contribution in [3.05, 3.63) is 36.0 Å². The van der Waals surface area contributed by atoms with Gasteiger partial charge in [-0.1, -0.05) is 44.2 Å². The zero-order valence-corrected chi connectivity index (χ0v) is 15.7. The highest BCUT2D eigenvalue weighted by atomic mass is 16.5. The molecule has 3 rings (SSSR count). The Balaban J connectivity index is 1.67. The molecule has 0 radical (unpaired) electrons. The summed E-state index contributed by atoms with van der Waals surface area (Å²) in [7, 11) is 0. The monoisotopic (exact) mass is 342 g/mol. The normalized spacial score (nSPS) is 24.5. The zero-order valence-electron chi connectivity index (χ0n) is 15.7. The highest BCUT2D eigenvalue weighted by Crippen LogP contribution is 2.40. The molecule has 1 saturated heterocycles. The van der Waals surface area contributed by atoms with Crippen LogP contribution in [-0.2, 0) is 10.2 Å². The van der Waals surface area contributed by atoms with Crippen LogP contribution < -0.4 is 0 Å². The van der Waals surface area contributed by atoms with Gasteiger partial charge >= 0.3 is 0 Å². The number of likely N-dealkylation sites (tertiary alicyclic amines) is 1. The van der Waals surface area contributed by atoms with Crippen LogP contribution in [0.5, 0.6) is 0 Å². The standard InChI is InChI=1S/C20H30N4O/c1-4-11-25-12-10-24-9-8-20(3,16(2)15-24)18-7-5-6-17(13-18)19-14-21-23-22-19/h5-7,13-14,16H,4,8-12,15H2,1-3H3,(H,21,22,23). The molecule has 5 nitrogen and oxygen atoms in total. The van der Waals surface area contributed by atoms with Crippen LogP contribution in [0.15, 0.2) is 30.5 Å². The largest absolute Gasteiger partial charge is 0.380 e. The van der Waals surface area contributed by atoms with Gasteiger partial charge < -0.3 is 9.64 Å². The lowest BCUT2D eigenvalue weighted by molar-refractivity contribution is 0.0636. The van der Waals surface area contributed by atoms with Gasteiger partial charge in [-0.05, 0) is 42.3 Å². The summed E-state index contributed by atoms with van der Waals surface area (Å²) in [5.41, 5.74) is 3.64. The average molecular weight is 342 g/mol. The number of H-pyrrole nitrogens is 1. The van der Waals surface area contributed by atoms with Gasteiger partial charge in [-0.3, -0.25) is 5.10 Å². The molecule has 1 aromatic heterocycles. The lowest BCUT2D eigenvalue weighted by atomic mass is 9.68. The van der Waals surface area contributed by atoms with Crippen molar-refractivity contribution in [1.29, 1.82) is 0 Å². The Hall–Kier alpha value is -1.72. The number of aromatic nitrogens is 3. The molecule has 1 aliphatic rings. The second-order valence-corrected chi connectivity index (χ2v) is 7.42. The molecule has 1 N–H and O–H groups in total. The van der Waals surface area contributed by atoms with E-state index in [9.17, 15) is 0 Å². The number of nitrogens with zero attached hydrogens (tertiary/aromatic N) is 3. The van der Waals surface area contributed by atoms with Crippen LogP contribution in [0.4, 0.5) is 0 Å². The SMILES string of the molecule is CCCOCCN1CCC(C)(c2cccc(-c3c[nH]nn3)c2)C(C)C1. The average Bonchev–Trinajstić information content (AvgIpc) is 3.17. The van der Waals surface area contributed by atoms with Crippen molar-refractivity contribution >= 4 is 0 Å². The van der Waals surface area contributed by atoms with E-state index in [1.807, 2.05) is 6.20 Å². The van der Waals surface area contributed by atoms with Gasteiger partial charge in [-0.25, -0.2) is 0 Å². The highest BCUT2D eigenvalue weighted by Gasteiger charge is 2.37. The number of benzene rings is 1. The summed E-state index contributed by atoms with van der Waals surface area (Å²) in [6, 6.07) is 8.80. The van der Waals surface area contributed by atoms with Crippen LogP contribution in [0.25, 0.3) is 11.3 Å². The molecule has 0 bridgehead atoms. The molecule has 5 heteroatoms. The molecule has 2 unspecified atom stereocenters. The first-order valence-corrected chi connectivity index (χ1v) is 9.41. The molecule has 2 atom stereocenters. The fraction of sp³-hybridized carbons (Fsp3) is 0.600. The minimum absolute atomic E-state index is 0.195. The van der Waals surface area contributed by atoms with Gasteiger partial charge in [0.15, 0.2) is 0 Å². The first kappa shape index (κ1) is 18.1. The molecule has 1 aromatic carbocycles. The highest BCUT2D eigenvalue weighted by molar-refractivity contribution is 5.59. The topological polar surface area (TPSA) is 54.0 Å². The van der Waals surface area contributed by atoms with Crippen molar-refractivity contribution in [1.82, 2.24) is 20.3 Å². The minimum Gasteiger partial charge on any atom is -0.380 e. The number of hydrogen-bond acceptors (Lipinski definition) is 4. The molecule has 1 aliphatic heterocycles. The van der Waals surface area contributed by atoms with Crippen LogP contribution in [0, 0.1) is 5.92 Å². The Bertz CT molecular complexity index is 657. The van der Waals surface area contributed by atoms with Crippen molar-refractivity contribution in [3.8, 4) is 11.3 Å². The third kappa shape index (κ3) is 4.10. The lowest BCUT2D eigenvalue weighted by Gasteiger charge is -2.45. The number of nitrogens with one attached hydrogen (secondary N) is 1. The number of rotatable bonds is 7. The quantitative estimate of drug-likeness (QED) is 0.783. The fourth-order valence-electron chi connectivity index (χ4n) is 3.77. The Morgan fingerprint density at radius 2 is 2.24 bits per heavy atom. The summed E-state index contributed by atoms with van der Waals surface area (Å²) in [5.74, 6) is 0.597. The van der Waals surface area contributed by atoms with Gasteiger partial charge in [0.05, 0.1) is 6.61 Å². The summed E-state index contributed by atoms with van der Waals surface area (Å²) < 4.78 is 5.66.